The average Bonchev–Trinajstić information content (AvgIpc) is 2.83. The predicted molar refractivity (Wildman–Crippen MR) is 130 cm³/mol. The third-order valence-corrected chi connectivity index (χ3v) is 6.34. The smallest absolute Gasteiger partial charge is 0.338 e. The lowest BCUT2D eigenvalue weighted by Crippen LogP contribution is -2.46. The molecule has 34 heavy (non-hydrogen) atoms. The fraction of sp³-hybridized carbons (Fsp3) is 0.333. The normalized spacial score (nSPS) is 16.9. The molecule has 1 unspecified atom stereocenters. The van der Waals surface area contributed by atoms with Gasteiger partial charge in [0.15, 0.2) is 16.7 Å². The summed E-state index contributed by atoms with van der Waals surface area (Å²) in [4.78, 5) is 42.7. The number of amides is 2. The largest absolute Gasteiger partial charge is 0.493 e. The predicted octanol–water partition coefficient (Wildman–Crippen LogP) is 2.93. The van der Waals surface area contributed by atoms with Crippen LogP contribution in [0.1, 0.15) is 29.3 Å². The molecule has 1 aliphatic rings. The molecule has 1 heterocycles. The van der Waals surface area contributed by atoms with Crippen LogP contribution in [-0.2, 0) is 20.7 Å². The van der Waals surface area contributed by atoms with Gasteiger partial charge in [-0.2, -0.15) is 0 Å². The third-order valence-electron chi connectivity index (χ3n) is 5.13. The van der Waals surface area contributed by atoms with E-state index in [0.29, 0.717) is 40.9 Å². The summed E-state index contributed by atoms with van der Waals surface area (Å²) in [7, 11) is 3.13. The van der Waals surface area contributed by atoms with Crippen molar-refractivity contribution in [2.24, 2.45) is 10.7 Å². The molecule has 1 aliphatic heterocycles. The molecule has 0 spiro atoms. The SMILES string of the molecule is CCOC(=O)c1ccc(N=C2SC(C(N)=O)CC(=O)N2CCc2ccc(OC)c(OC)c2)cc1. The summed E-state index contributed by atoms with van der Waals surface area (Å²) in [6.45, 7) is 2.37. The number of carbonyl (C=O) groups is 3. The van der Waals surface area contributed by atoms with Crippen molar-refractivity contribution in [3.05, 3.63) is 53.6 Å². The number of hydrogen-bond acceptors (Lipinski definition) is 8. The molecule has 0 aliphatic carbocycles. The molecule has 0 radical (unpaired) electrons. The number of ether oxygens (including phenoxy) is 3. The van der Waals surface area contributed by atoms with Gasteiger partial charge in [0.1, 0.15) is 0 Å². The van der Waals surface area contributed by atoms with Crippen molar-refractivity contribution in [2.45, 2.75) is 25.0 Å². The van der Waals surface area contributed by atoms with E-state index >= 15 is 0 Å². The lowest BCUT2D eigenvalue weighted by atomic mass is 10.1. The molecule has 2 aromatic rings. The maximum absolute atomic E-state index is 12.9. The van der Waals surface area contributed by atoms with E-state index in [0.717, 1.165) is 17.3 Å². The van der Waals surface area contributed by atoms with Gasteiger partial charge in [-0.05, 0) is 55.3 Å². The number of esters is 1. The number of primary amides is 1. The topological polar surface area (TPSA) is 121 Å². The second-order valence-corrected chi connectivity index (χ2v) is 8.53. The minimum absolute atomic E-state index is 0.00670. The Balaban J connectivity index is 1.83. The van der Waals surface area contributed by atoms with Crippen LogP contribution in [0, 0.1) is 0 Å². The van der Waals surface area contributed by atoms with Crippen LogP contribution in [0.5, 0.6) is 11.5 Å². The molecule has 2 N–H and O–H groups in total. The third kappa shape index (κ3) is 6.07. The number of methoxy groups -OCH3 is 2. The molecule has 2 aromatic carbocycles. The van der Waals surface area contributed by atoms with Crippen LogP contribution in [-0.4, -0.2) is 60.5 Å². The number of amidine groups is 1. The maximum Gasteiger partial charge on any atom is 0.338 e. The van der Waals surface area contributed by atoms with Crippen LogP contribution in [0.25, 0.3) is 0 Å². The van der Waals surface area contributed by atoms with E-state index in [4.69, 9.17) is 19.9 Å². The van der Waals surface area contributed by atoms with Gasteiger partial charge in [0, 0.05) is 13.0 Å². The Labute approximate surface area is 202 Å². The van der Waals surface area contributed by atoms with Gasteiger partial charge in [-0.25, -0.2) is 9.79 Å². The zero-order valence-corrected chi connectivity index (χ0v) is 20.1. The highest BCUT2D eigenvalue weighted by atomic mass is 32.2. The maximum atomic E-state index is 12.9. The highest BCUT2D eigenvalue weighted by Crippen LogP contribution is 2.31. The lowest BCUT2D eigenvalue weighted by molar-refractivity contribution is -0.129. The molecular formula is C24H27N3O6S. The van der Waals surface area contributed by atoms with Gasteiger partial charge >= 0.3 is 5.97 Å². The van der Waals surface area contributed by atoms with Crippen molar-refractivity contribution in [3.8, 4) is 11.5 Å². The molecule has 1 fully saturated rings. The van der Waals surface area contributed by atoms with Gasteiger partial charge in [-0.3, -0.25) is 14.5 Å². The number of carbonyl (C=O) groups excluding carboxylic acids is 3. The van der Waals surface area contributed by atoms with Crippen molar-refractivity contribution in [3.63, 3.8) is 0 Å². The Bertz CT molecular complexity index is 1090. The first-order valence-corrected chi connectivity index (χ1v) is 11.6. The average molecular weight is 486 g/mol. The van der Waals surface area contributed by atoms with E-state index in [1.165, 1.54) is 0 Å². The van der Waals surface area contributed by atoms with Crippen molar-refractivity contribution in [1.82, 2.24) is 4.90 Å². The molecule has 3 rings (SSSR count). The first-order valence-electron chi connectivity index (χ1n) is 10.7. The second-order valence-electron chi connectivity index (χ2n) is 7.36. The van der Waals surface area contributed by atoms with Crippen LogP contribution in [0.3, 0.4) is 0 Å². The quantitative estimate of drug-likeness (QED) is 0.542. The summed E-state index contributed by atoms with van der Waals surface area (Å²) in [5, 5.41) is -0.313. The number of nitrogens with two attached hydrogens (primary N) is 1. The fourth-order valence-electron chi connectivity index (χ4n) is 3.35. The number of rotatable bonds is 9. The molecule has 0 aromatic heterocycles. The molecule has 0 saturated carbocycles. The molecule has 9 nitrogen and oxygen atoms in total. The summed E-state index contributed by atoms with van der Waals surface area (Å²) < 4.78 is 15.6. The molecule has 10 heteroatoms. The number of thioether (sulfide) groups is 1. The van der Waals surface area contributed by atoms with Gasteiger partial charge in [-0.1, -0.05) is 17.8 Å². The van der Waals surface area contributed by atoms with Gasteiger partial charge in [-0.15, -0.1) is 0 Å². The highest BCUT2D eigenvalue weighted by molar-refractivity contribution is 8.15. The molecule has 180 valence electrons. The van der Waals surface area contributed by atoms with Crippen molar-refractivity contribution in [1.29, 1.82) is 0 Å². The second kappa shape index (κ2) is 11.6. The van der Waals surface area contributed by atoms with E-state index in [-0.39, 0.29) is 18.9 Å². The zero-order valence-electron chi connectivity index (χ0n) is 19.3. The summed E-state index contributed by atoms with van der Waals surface area (Å²) >= 11 is 1.16. The monoisotopic (exact) mass is 485 g/mol. The van der Waals surface area contributed by atoms with Crippen LogP contribution < -0.4 is 15.2 Å². The fourth-order valence-corrected chi connectivity index (χ4v) is 4.42. The van der Waals surface area contributed by atoms with Gasteiger partial charge in [0.05, 0.1) is 37.3 Å². The Morgan fingerprint density at radius 2 is 1.82 bits per heavy atom. The minimum atomic E-state index is -0.692. The Morgan fingerprint density at radius 3 is 2.44 bits per heavy atom. The van der Waals surface area contributed by atoms with Crippen molar-refractivity contribution < 1.29 is 28.6 Å². The number of benzene rings is 2. The number of hydrogen-bond donors (Lipinski definition) is 1. The van der Waals surface area contributed by atoms with E-state index < -0.39 is 17.1 Å². The van der Waals surface area contributed by atoms with Crippen LogP contribution in [0.2, 0.25) is 0 Å². The van der Waals surface area contributed by atoms with Crippen LogP contribution in [0.15, 0.2) is 47.5 Å². The molecular weight excluding hydrogens is 458 g/mol. The first-order chi connectivity index (χ1) is 16.4. The van der Waals surface area contributed by atoms with Gasteiger partial charge in [0.2, 0.25) is 11.8 Å². The molecule has 2 amide bonds. The Kier molecular flexibility index (Phi) is 8.53. The van der Waals surface area contributed by atoms with Crippen molar-refractivity contribution >= 4 is 40.4 Å². The van der Waals surface area contributed by atoms with Gasteiger partial charge in [0.25, 0.3) is 0 Å². The van der Waals surface area contributed by atoms with E-state index in [2.05, 4.69) is 4.99 Å². The molecule has 0 bridgehead atoms. The summed E-state index contributed by atoms with van der Waals surface area (Å²) in [6, 6.07) is 12.1. The highest BCUT2D eigenvalue weighted by Gasteiger charge is 2.34. The first kappa shape index (κ1) is 25.1. The summed E-state index contributed by atoms with van der Waals surface area (Å²) in [5.74, 6) is -0.000166. The Morgan fingerprint density at radius 1 is 1.12 bits per heavy atom. The van der Waals surface area contributed by atoms with E-state index in [1.807, 2.05) is 18.2 Å². The molecule has 1 saturated heterocycles. The molecule has 1 atom stereocenters. The zero-order chi connectivity index (χ0) is 24.7. The van der Waals surface area contributed by atoms with Gasteiger partial charge < -0.3 is 19.9 Å². The summed E-state index contributed by atoms with van der Waals surface area (Å²) in [6.07, 6.45) is 0.543. The minimum Gasteiger partial charge on any atom is -0.493 e. The number of nitrogens with zero attached hydrogens (tertiary/aromatic N) is 2. The lowest BCUT2D eigenvalue weighted by Gasteiger charge is -2.31. The standard InChI is InChI=1S/C24H27N3O6S/c1-4-33-23(30)16-6-8-17(9-7-16)26-24-27(21(28)14-20(34-24)22(25)29)12-11-15-5-10-18(31-2)19(13-15)32-3/h5-10,13,20H,4,11-12,14H2,1-3H3,(H2,25,29). The van der Waals surface area contributed by atoms with Crippen LogP contribution in [0.4, 0.5) is 5.69 Å². The number of aliphatic imine (C=N–C) groups is 1. The van der Waals surface area contributed by atoms with Crippen LogP contribution >= 0.6 is 11.8 Å². The van der Waals surface area contributed by atoms with E-state index in [9.17, 15) is 14.4 Å². The van der Waals surface area contributed by atoms with E-state index in [1.54, 1.807) is 50.3 Å². The van der Waals surface area contributed by atoms with Crippen molar-refractivity contribution in [2.75, 3.05) is 27.4 Å². The Hall–Kier alpha value is -3.53. The summed E-state index contributed by atoms with van der Waals surface area (Å²) in [5.41, 5.74) is 7.36.